The summed E-state index contributed by atoms with van der Waals surface area (Å²) in [5.41, 5.74) is 1.33. The van der Waals surface area contributed by atoms with E-state index in [1.807, 2.05) is 18.2 Å². The van der Waals surface area contributed by atoms with E-state index in [1.165, 1.54) is 0 Å². The first kappa shape index (κ1) is 17.6. The number of ketones is 1. The summed E-state index contributed by atoms with van der Waals surface area (Å²) in [4.78, 5) is 23.8. The van der Waals surface area contributed by atoms with E-state index < -0.39 is 6.80 Å². The van der Waals surface area contributed by atoms with E-state index in [4.69, 9.17) is 4.52 Å². The molecular formula is C17H17O4PS2. The van der Waals surface area contributed by atoms with Crippen LogP contribution in [0.5, 0.6) is 5.75 Å². The fourth-order valence-corrected chi connectivity index (χ4v) is 5.94. The summed E-state index contributed by atoms with van der Waals surface area (Å²) in [6.07, 6.45) is 0.979. The maximum atomic E-state index is 12.5. The van der Waals surface area contributed by atoms with Crippen LogP contribution in [0.4, 0.5) is 0 Å². The first-order chi connectivity index (χ1) is 11.5. The minimum Gasteiger partial charge on any atom is -0.417 e. The summed E-state index contributed by atoms with van der Waals surface area (Å²) in [6, 6.07) is 12.6. The normalized spacial score (nSPS) is 15.8. The van der Waals surface area contributed by atoms with Gasteiger partial charge >= 0.3 is 6.80 Å². The largest absolute Gasteiger partial charge is 0.442 e. The molecule has 2 aromatic rings. The van der Waals surface area contributed by atoms with Crippen LogP contribution in [0.2, 0.25) is 0 Å². The molecule has 1 N–H and O–H groups in total. The van der Waals surface area contributed by atoms with Gasteiger partial charge in [0.2, 0.25) is 0 Å². The zero-order chi connectivity index (χ0) is 17.2. The zero-order valence-electron chi connectivity index (χ0n) is 13.1. The van der Waals surface area contributed by atoms with Crippen LogP contribution in [0.1, 0.15) is 29.3 Å². The van der Waals surface area contributed by atoms with Crippen molar-refractivity contribution in [2.45, 2.75) is 29.6 Å². The van der Waals surface area contributed by atoms with Crippen LogP contribution < -0.4 is 4.52 Å². The molecule has 2 aromatic carbocycles. The van der Waals surface area contributed by atoms with Gasteiger partial charge in [-0.25, -0.2) is 4.57 Å². The van der Waals surface area contributed by atoms with E-state index in [2.05, 4.69) is 6.92 Å². The molecule has 0 amide bonds. The molecule has 0 heterocycles. The van der Waals surface area contributed by atoms with Crippen LogP contribution in [-0.2, 0) is 11.0 Å². The third kappa shape index (κ3) is 4.06. The number of hydrogen-bond acceptors (Lipinski definition) is 5. The van der Waals surface area contributed by atoms with Crippen LogP contribution >= 0.6 is 29.9 Å². The predicted molar refractivity (Wildman–Crippen MR) is 98.2 cm³/mol. The average molecular weight is 380 g/mol. The number of carbonyl (C=O) groups is 1. The molecule has 7 heteroatoms. The van der Waals surface area contributed by atoms with E-state index >= 15 is 0 Å². The number of benzene rings is 2. The quantitative estimate of drug-likeness (QED) is 0.549. The van der Waals surface area contributed by atoms with Gasteiger partial charge in [-0.2, -0.15) is 0 Å². The molecule has 1 unspecified atom stereocenters. The van der Waals surface area contributed by atoms with E-state index in [9.17, 15) is 14.3 Å². The Labute approximate surface area is 149 Å². The van der Waals surface area contributed by atoms with Gasteiger partial charge in [0, 0.05) is 38.7 Å². The van der Waals surface area contributed by atoms with E-state index in [0.29, 0.717) is 29.1 Å². The lowest BCUT2D eigenvalue weighted by Crippen LogP contribution is -1.95. The molecule has 4 nitrogen and oxygen atoms in total. The SMILES string of the molecule is CCSc1cccc(SP(=O)(O)Oc2cccc3c2CCC3=O)c1. The van der Waals surface area contributed by atoms with Gasteiger partial charge in [-0.05, 0) is 36.4 Å². The van der Waals surface area contributed by atoms with Gasteiger partial charge in [0.15, 0.2) is 5.78 Å². The topological polar surface area (TPSA) is 63.6 Å². The summed E-state index contributed by atoms with van der Waals surface area (Å²) in [5.74, 6) is 1.32. The standard InChI is InChI=1S/C17H17O4PS2/c1-2-23-12-5-3-6-13(11-12)24-22(19,20)21-17-8-4-7-14-15(17)9-10-16(14)18/h3-8,11H,2,9-10H2,1H3,(H,19,20). The molecule has 0 spiro atoms. The van der Waals surface area contributed by atoms with E-state index in [-0.39, 0.29) is 5.78 Å². The maximum Gasteiger partial charge on any atom is 0.442 e. The molecule has 3 rings (SSSR count). The lowest BCUT2D eigenvalue weighted by Gasteiger charge is -2.15. The van der Waals surface area contributed by atoms with Crippen LogP contribution in [0, 0.1) is 0 Å². The number of Topliss-reactive ketones (excluding diaryl/α,β-unsaturated/α-hetero) is 1. The summed E-state index contributed by atoms with van der Waals surface area (Å²) in [6.45, 7) is -1.87. The van der Waals surface area contributed by atoms with Crippen molar-refractivity contribution in [2.24, 2.45) is 0 Å². The van der Waals surface area contributed by atoms with Gasteiger partial charge in [-0.15, -0.1) is 11.8 Å². The summed E-state index contributed by atoms with van der Waals surface area (Å²) in [5, 5.41) is 0. The van der Waals surface area contributed by atoms with E-state index in [1.54, 1.807) is 36.0 Å². The van der Waals surface area contributed by atoms with Gasteiger partial charge in [0.1, 0.15) is 5.75 Å². The van der Waals surface area contributed by atoms with Crippen molar-refractivity contribution in [3.63, 3.8) is 0 Å². The molecule has 0 saturated carbocycles. The molecule has 24 heavy (non-hydrogen) atoms. The molecular weight excluding hydrogens is 363 g/mol. The summed E-state index contributed by atoms with van der Waals surface area (Å²) >= 11 is 2.49. The Morgan fingerprint density at radius 2 is 1.92 bits per heavy atom. The highest BCUT2D eigenvalue weighted by atomic mass is 32.7. The number of hydrogen-bond donors (Lipinski definition) is 1. The number of rotatable bonds is 6. The third-order valence-corrected chi connectivity index (χ3v) is 7.13. The van der Waals surface area contributed by atoms with Crippen LogP contribution in [0.3, 0.4) is 0 Å². The molecule has 0 aromatic heterocycles. The predicted octanol–water partition coefficient (Wildman–Crippen LogP) is 5.20. The Morgan fingerprint density at radius 3 is 2.71 bits per heavy atom. The van der Waals surface area contributed by atoms with Gasteiger partial charge in [-0.3, -0.25) is 4.79 Å². The van der Waals surface area contributed by atoms with Crippen molar-refractivity contribution in [3.05, 3.63) is 53.6 Å². The second-order valence-corrected chi connectivity index (χ2v) is 10.3. The minimum atomic E-state index is -3.93. The molecule has 1 atom stereocenters. The summed E-state index contributed by atoms with van der Waals surface area (Å²) < 4.78 is 17.9. The van der Waals surface area contributed by atoms with Crippen molar-refractivity contribution < 1.29 is 18.8 Å². The Hall–Kier alpha value is -1.20. The molecule has 0 bridgehead atoms. The Kier molecular flexibility index (Phi) is 5.40. The number of thioether (sulfide) groups is 1. The molecule has 0 aliphatic heterocycles. The maximum absolute atomic E-state index is 12.5. The van der Waals surface area contributed by atoms with Gasteiger partial charge in [0.25, 0.3) is 0 Å². The molecule has 126 valence electrons. The lowest BCUT2D eigenvalue weighted by molar-refractivity contribution is 0.0994. The van der Waals surface area contributed by atoms with Gasteiger partial charge in [0.05, 0.1) is 0 Å². The molecule has 0 radical (unpaired) electrons. The third-order valence-electron chi connectivity index (χ3n) is 3.59. The highest BCUT2D eigenvalue weighted by molar-refractivity contribution is 8.54. The average Bonchev–Trinajstić information content (AvgIpc) is 2.90. The smallest absolute Gasteiger partial charge is 0.417 e. The van der Waals surface area contributed by atoms with Crippen molar-refractivity contribution in [1.29, 1.82) is 0 Å². The minimum absolute atomic E-state index is 0.0557. The second-order valence-electron chi connectivity index (χ2n) is 5.26. The lowest BCUT2D eigenvalue weighted by atomic mass is 10.1. The summed E-state index contributed by atoms with van der Waals surface area (Å²) in [7, 11) is 0. The molecule has 0 saturated heterocycles. The number of fused-ring (bicyclic) bond motifs is 1. The van der Waals surface area contributed by atoms with Gasteiger partial charge in [-0.1, -0.05) is 25.1 Å². The zero-order valence-corrected chi connectivity index (χ0v) is 15.6. The first-order valence-corrected chi connectivity index (χ1v) is 11.6. The van der Waals surface area contributed by atoms with Crippen molar-refractivity contribution in [1.82, 2.24) is 0 Å². The fraction of sp³-hybridized carbons (Fsp3) is 0.235. The molecule has 1 aliphatic rings. The number of carbonyl (C=O) groups excluding carboxylic acids is 1. The monoisotopic (exact) mass is 380 g/mol. The highest BCUT2D eigenvalue weighted by Gasteiger charge is 2.28. The van der Waals surface area contributed by atoms with Crippen molar-refractivity contribution >= 4 is 35.7 Å². The van der Waals surface area contributed by atoms with Crippen LogP contribution in [0.25, 0.3) is 0 Å². The fourth-order valence-electron chi connectivity index (χ4n) is 2.61. The van der Waals surface area contributed by atoms with E-state index in [0.717, 1.165) is 27.6 Å². The Balaban J connectivity index is 1.79. The first-order valence-electron chi connectivity index (χ1n) is 7.58. The molecule has 0 fully saturated rings. The van der Waals surface area contributed by atoms with Crippen LogP contribution in [-0.4, -0.2) is 16.4 Å². The van der Waals surface area contributed by atoms with Crippen LogP contribution in [0.15, 0.2) is 52.3 Å². The van der Waals surface area contributed by atoms with Gasteiger partial charge < -0.3 is 9.42 Å². The second kappa shape index (κ2) is 7.36. The molecule has 1 aliphatic carbocycles. The Morgan fingerprint density at radius 1 is 1.17 bits per heavy atom. The highest BCUT2D eigenvalue weighted by Crippen LogP contribution is 2.59. The van der Waals surface area contributed by atoms with Crippen molar-refractivity contribution in [3.8, 4) is 5.75 Å². The van der Waals surface area contributed by atoms with Crippen molar-refractivity contribution in [2.75, 3.05) is 5.75 Å². The Bertz CT molecular complexity index is 822.